The second-order valence-corrected chi connectivity index (χ2v) is 5.08. The number of carboxylic acids is 1. The van der Waals surface area contributed by atoms with Crippen LogP contribution in [0.5, 0.6) is 0 Å². The highest BCUT2D eigenvalue weighted by molar-refractivity contribution is 7.98. The Bertz CT molecular complexity index is 496. The van der Waals surface area contributed by atoms with Gasteiger partial charge in [-0.1, -0.05) is 11.6 Å². The number of thioether (sulfide) groups is 1. The minimum absolute atomic E-state index is 0.0377. The van der Waals surface area contributed by atoms with Crippen LogP contribution in [0.15, 0.2) is 12.1 Å². The number of nitro groups is 1. The Kier molecular flexibility index (Phi) is 5.91. The molecule has 6 nitrogen and oxygen atoms in total. The minimum atomic E-state index is -1.25. The lowest BCUT2D eigenvalue weighted by Crippen LogP contribution is -2.09. The third-order valence-electron chi connectivity index (χ3n) is 2.34. The fourth-order valence-electron chi connectivity index (χ4n) is 1.48. The van der Waals surface area contributed by atoms with E-state index in [1.165, 1.54) is 0 Å². The van der Waals surface area contributed by atoms with Crippen molar-refractivity contribution in [3.8, 4) is 0 Å². The maximum atomic E-state index is 11.1. The molecule has 0 atom stereocenters. The van der Waals surface area contributed by atoms with Crippen molar-refractivity contribution < 1.29 is 14.8 Å². The Morgan fingerprint density at radius 2 is 2.26 bits per heavy atom. The van der Waals surface area contributed by atoms with Gasteiger partial charge in [-0.25, -0.2) is 4.79 Å². The van der Waals surface area contributed by atoms with Crippen molar-refractivity contribution in [2.24, 2.45) is 0 Å². The number of nitro benzene ring substituents is 1. The molecule has 0 aliphatic carbocycles. The Morgan fingerprint density at radius 3 is 2.79 bits per heavy atom. The van der Waals surface area contributed by atoms with Gasteiger partial charge in [0.2, 0.25) is 0 Å². The second-order valence-electron chi connectivity index (χ2n) is 3.69. The fourth-order valence-corrected chi connectivity index (χ4v) is 2.19. The van der Waals surface area contributed by atoms with Gasteiger partial charge in [-0.3, -0.25) is 10.1 Å². The van der Waals surface area contributed by atoms with Crippen molar-refractivity contribution in [2.75, 3.05) is 23.9 Å². The van der Waals surface area contributed by atoms with Crippen LogP contribution < -0.4 is 5.32 Å². The maximum absolute atomic E-state index is 11.1. The Morgan fingerprint density at radius 1 is 1.58 bits per heavy atom. The zero-order valence-corrected chi connectivity index (χ0v) is 11.8. The third-order valence-corrected chi connectivity index (χ3v) is 3.34. The molecule has 19 heavy (non-hydrogen) atoms. The third kappa shape index (κ3) is 4.29. The number of anilines is 1. The molecule has 8 heteroatoms. The first-order valence-corrected chi connectivity index (χ1v) is 7.18. The summed E-state index contributed by atoms with van der Waals surface area (Å²) in [5.41, 5.74) is -0.304. The molecule has 0 amide bonds. The number of aromatic carboxylic acids is 1. The number of carbonyl (C=O) groups is 1. The lowest BCUT2D eigenvalue weighted by Gasteiger charge is -2.11. The number of nitrogens with zero attached hydrogens (tertiary/aromatic N) is 1. The van der Waals surface area contributed by atoms with Gasteiger partial charge in [-0.05, 0) is 18.4 Å². The van der Waals surface area contributed by atoms with Crippen molar-refractivity contribution in [1.82, 2.24) is 0 Å². The molecule has 104 valence electrons. The van der Waals surface area contributed by atoms with Gasteiger partial charge in [0.25, 0.3) is 5.69 Å². The average Bonchev–Trinajstić information content (AvgIpc) is 2.35. The smallest absolute Gasteiger partial charge is 0.338 e. The second kappa shape index (κ2) is 7.20. The minimum Gasteiger partial charge on any atom is -0.478 e. The van der Waals surface area contributed by atoms with E-state index in [0.29, 0.717) is 6.54 Å². The van der Waals surface area contributed by atoms with Crippen LogP contribution in [-0.2, 0) is 0 Å². The van der Waals surface area contributed by atoms with Gasteiger partial charge in [-0.15, -0.1) is 0 Å². The molecular weight excluding hydrogens is 292 g/mol. The number of carboxylic acid groups (broad SMARTS) is 1. The van der Waals surface area contributed by atoms with Gasteiger partial charge in [0, 0.05) is 18.7 Å². The number of hydrogen-bond donors (Lipinski definition) is 2. The van der Waals surface area contributed by atoms with Gasteiger partial charge in [0.15, 0.2) is 0 Å². The fraction of sp³-hybridized carbons (Fsp3) is 0.364. The van der Waals surface area contributed by atoms with E-state index >= 15 is 0 Å². The number of benzene rings is 1. The SMILES string of the molecule is CSCCCNc1c(Cl)cc([N+](=O)[O-])cc1C(=O)O. The van der Waals surface area contributed by atoms with E-state index in [-0.39, 0.29) is 22.0 Å². The first kappa shape index (κ1) is 15.6. The van der Waals surface area contributed by atoms with E-state index in [9.17, 15) is 14.9 Å². The van der Waals surface area contributed by atoms with Gasteiger partial charge >= 0.3 is 5.97 Å². The summed E-state index contributed by atoms with van der Waals surface area (Å²) in [5, 5.41) is 22.7. The number of rotatable bonds is 7. The summed E-state index contributed by atoms with van der Waals surface area (Å²) in [5.74, 6) is -0.321. The summed E-state index contributed by atoms with van der Waals surface area (Å²) >= 11 is 7.58. The summed E-state index contributed by atoms with van der Waals surface area (Å²) in [4.78, 5) is 21.1. The molecule has 2 N–H and O–H groups in total. The van der Waals surface area contributed by atoms with E-state index in [1.807, 2.05) is 6.26 Å². The first-order valence-electron chi connectivity index (χ1n) is 5.41. The molecule has 0 saturated carbocycles. The Balaban J connectivity index is 3.01. The summed E-state index contributed by atoms with van der Waals surface area (Å²) < 4.78 is 0. The van der Waals surface area contributed by atoms with Crippen LogP contribution >= 0.6 is 23.4 Å². The normalized spacial score (nSPS) is 10.2. The van der Waals surface area contributed by atoms with Gasteiger partial charge in [-0.2, -0.15) is 11.8 Å². The molecule has 0 unspecified atom stereocenters. The van der Waals surface area contributed by atoms with Crippen molar-refractivity contribution in [2.45, 2.75) is 6.42 Å². The van der Waals surface area contributed by atoms with Crippen molar-refractivity contribution in [3.05, 3.63) is 32.8 Å². The van der Waals surface area contributed by atoms with Crippen LogP contribution in [0.2, 0.25) is 5.02 Å². The largest absolute Gasteiger partial charge is 0.478 e. The van der Waals surface area contributed by atoms with Crippen molar-refractivity contribution in [1.29, 1.82) is 0 Å². The lowest BCUT2D eigenvalue weighted by atomic mass is 10.1. The molecule has 0 aliphatic rings. The van der Waals surface area contributed by atoms with E-state index < -0.39 is 10.9 Å². The van der Waals surface area contributed by atoms with Crippen molar-refractivity contribution >= 4 is 40.7 Å². The quantitative estimate of drug-likeness (QED) is 0.457. The number of hydrogen-bond acceptors (Lipinski definition) is 5. The number of non-ortho nitro benzene ring substituents is 1. The molecule has 1 aromatic rings. The standard InChI is InChI=1S/C11H13ClN2O4S/c1-19-4-2-3-13-10-8(11(15)16)5-7(14(17)18)6-9(10)12/h5-6,13H,2-4H2,1H3,(H,15,16). The topological polar surface area (TPSA) is 92.5 Å². The van der Waals surface area contributed by atoms with E-state index in [1.54, 1.807) is 11.8 Å². The van der Waals surface area contributed by atoms with Gasteiger partial charge in [0.05, 0.1) is 21.2 Å². The molecule has 0 aromatic heterocycles. The predicted molar refractivity (Wildman–Crippen MR) is 76.6 cm³/mol. The molecule has 0 saturated heterocycles. The molecule has 0 aliphatic heterocycles. The van der Waals surface area contributed by atoms with Crippen LogP contribution in [0, 0.1) is 10.1 Å². The molecule has 0 fully saturated rings. The monoisotopic (exact) mass is 304 g/mol. The summed E-state index contributed by atoms with van der Waals surface area (Å²) in [7, 11) is 0. The van der Waals surface area contributed by atoms with Crippen LogP contribution in [-0.4, -0.2) is 34.6 Å². The predicted octanol–water partition coefficient (Wildman–Crippen LogP) is 3.11. The highest BCUT2D eigenvalue weighted by Gasteiger charge is 2.19. The molecule has 1 rings (SSSR count). The highest BCUT2D eigenvalue weighted by Crippen LogP contribution is 2.31. The van der Waals surface area contributed by atoms with Crippen LogP contribution in [0.25, 0.3) is 0 Å². The van der Waals surface area contributed by atoms with E-state index in [2.05, 4.69) is 5.32 Å². The van der Waals surface area contributed by atoms with Gasteiger partial charge in [0.1, 0.15) is 0 Å². The molecule has 1 aromatic carbocycles. The summed E-state index contributed by atoms with van der Waals surface area (Å²) in [6.07, 6.45) is 2.81. The first-order chi connectivity index (χ1) is 8.97. The summed E-state index contributed by atoms with van der Waals surface area (Å²) in [6.45, 7) is 0.554. The van der Waals surface area contributed by atoms with Crippen LogP contribution in [0.4, 0.5) is 11.4 Å². The Hall–Kier alpha value is -1.47. The zero-order chi connectivity index (χ0) is 14.4. The van der Waals surface area contributed by atoms with E-state index in [4.69, 9.17) is 16.7 Å². The zero-order valence-electron chi connectivity index (χ0n) is 10.2. The molecular formula is C11H13ClN2O4S. The molecule has 0 bridgehead atoms. The molecule has 0 heterocycles. The lowest BCUT2D eigenvalue weighted by molar-refractivity contribution is -0.384. The number of nitrogens with one attached hydrogen (secondary N) is 1. The molecule has 0 radical (unpaired) electrons. The van der Waals surface area contributed by atoms with Gasteiger partial charge < -0.3 is 10.4 Å². The highest BCUT2D eigenvalue weighted by atomic mass is 35.5. The van der Waals surface area contributed by atoms with Crippen LogP contribution in [0.1, 0.15) is 16.8 Å². The summed E-state index contributed by atoms with van der Waals surface area (Å²) in [6, 6.07) is 2.15. The Labute approximate surface area is 119 Å². The number of halogens is 1. The van der Waals surface area contributed by atoms with E-state index in [0.717, 1.165) is 24.3 Å². The maximum Gasteiger partial charge on any atom is 0.338 e. The van der Waals surface area contributed by atoms with Crippen LogP contribution in [0.3, 0.4) is 0 Å². The average molecular weight is 305 g/mol. The van der Waals surface area contributed by atoms with Crippen molar-refractivity contribution in [3.63, 3.8) is 0 Å². The molecule has 0 spiro atoms.